The highest BCUT2D eigenvalue weighted by molar-refractivity contribution is 5.91. The van der Waals surface area contributed by atoms with Crippen molar-refractivity contribution in [3.8, 4) is 0 Å². The van der Waals surface area contributed by atoms with E-state index in [4.69, 9.17) is 0 Å². The van der Waals surface area contributed by atoms with E-state index < -0.39 is 0 Å². The summed E-state index contributed by atoms with van der Waals surface area (Å²) in [4.78, 5) is 12.7. The second-order valence-electron chi connectivity index (χ2n) is 2.50. The Balaban J connectivity index is 2.55. The number of carbonyl (C=O) groups excluding carboxylic acids is 1. The van der Waals surface area contributed by atoms with Crippen LogP contribution in [0.25, 0.3) is 0 Å². The van der Waals surface area contributed by atoms with Crippen LogP contribution in [0.4, 0.5) is 0 Å². The zero-order chi connectivity index (χ0) is 7.56. The van der Waals surface area contributed by atoms with Crippen molar-refractivity contribution >= 4 is 5.91 Å². The Morgan fingerprint density at radius 3 is 3.00 bits per heavy atom. The molecule has 1 rings (SSSR count). The normalized spacial score (nSPS) is 17.5. The average molecular weight is 137 g/mol. The second-order valence-corrected chi connectivity index (χ2v) is 2.50. The van der Waals surface area contributed by atoms with Gasteiger partial charge in [-0.1, -0.05) is 6.08 Å². The molecule has 10 heavy (non-hydrogen) atoms. The van der Waals surface area contributed by atoms with Crippen molar-refractivity contribution in [2.75, 3.05) is 13.1 Å². The summed E-state index contributed by atoms with van der Waals surface area (Å²) in [6, 6.07) is 0. The molecular formula is C8H11NO. The predicted octanol–water partition coefficient (Wildman–Crippen LogP) is 0.961. The molecule has 1 aliphatic heterocycles. The number of nitrogens with zero attached hydrogens (tertiary/aromatic N) is 1. The molecule has 0 unspecified atom stereocenters. The zero-order valence-electron chi connectivity index (χ0n) is 6.13. The summed E-state index contributed by atoms with van der Waals surface area (Å²) >= 11 is 0. The van der Waals surface area contributed by atoms with Gasteiger partial charge in [-0.05, 0) is 12.5 Å². The molecule has 0 fully saturated rings. The third kappa shape index (κ3) is 1.26. The van der Waals surface area contributed by atoms with Gasteiger partial charge in [0, 0.05) is 19.2 Å². The minimum Gasteiger partial charge on any atom is -0.331 e. The van der Waals surface area contributed by atoms with Gasteiger partial charge in [0.05, 0.1) is 0 Å². The predicted molar refractivity (Wildman–Crippen MR) is 40.5 cm³/mol. The first-order valence-electron chi connectivity index (χ1n) is 3.31. The van der Waals surface area contributed by atoms with Crippen molar-refractivity contribution in [3.05, 3.63) is 24.3 Å². The van der Waals surface area contributed by atoms with Crippen LogP contribution in [0.1, 0.15) is 6.92 Å². The van der Waals surface area contributed by atoms with Gasteiger partial charge in [-0.15, -0.1) is 6.58 Å². The van der Waals surface area contributed by atoms with Crippen molar-refractivity contribution in [2.24, 2.45) is 0 Å². The minimum atomic E-state index is 0.109. The summed E-state index contributed by atoms with van der Waals surface area (Å²) in [6.45, 7) is 6.95. The molecule has 1 aliphatic rings. The smallest absolute Gasteiger partial charge is 0.247 e. The van der Waals surface area contributed by atoms with Crippen molar-refractivity contribution < 1.29 is 4.79 Å². The van der Waals surface area contributed by atoms with E-state index in [0.29, 0.717) is 6.54 Å². The SMILES string of the molecule is C=CCN1CC(C)=CC1=O. The number of hydrogen-bond acceptors (Lipinski definition) is 1. The van der Waals surface area contributed by atoms with Gasteiger partial charge >= 0.3 is 0 Å². The van der Waals surface area contributed by atoms with Gasteiger partial charge in [-0.2, -0.15) is 0 Å². The molecule has 0 saturated carbocycles. The van der Waals surface area contributed by atoms with Crippen LogP contribution in [0.3, 0.4) is 0 Å². The Morgan fingerprint density at radius 1 is 1.90 bits per heavy atom. The van der Waals surface area contributed by atoms with E-state index in [0.717, 1.165) is 12.1 Å². The fraction of sp³-hybridized carbons (Fsp3) is 0.375. The molecule has 2 heteroatoms. The van der Waals surface area contributed by atoms with Crippen LogP contribution in [0.5, 0.6) is 0 Å². The number of amides is 1. The highest BCUT2D eigenvalue weighted by atomic mass is 16.2. The van der Waals surface area contributed by atoms with Crippen molar-refractivity contribution in [1.29, 1.82) is 0 Å². The van der Waals surface area contributed by atoms with Crippen molar-refractivity contribution in [3.63, 3.8) is 0 Å². The van der Waals surface area contributed by atoms with Gasteiger partial charge in [-0.3, -0.25) is 4.79 Å². The molecular weight excluding hydrogens is 126 g/mol. The third-order valence-corrected chi connectivity index (χ3v) is 1.47. The molecule has 0 aliphatic carbocycles. The fourth-order valence-electron chi connectivity index (χ4n) is 1.04. The Labute approximate surface area is 60.8 Å². The maximum atomic E-state index is 11.0. The molecule has 1 amide bonds. The summed E-state index contributed by atoms with van der Waals surface area (Å²) < 4.78 is 0. The van der Waals surface area contributed by atoms with Crippen LogP contribution in [-0.4, -0.2) is 23.9 Å². The Bertz CT molecular complexity index is 193. The summed E-state index contributed by atoms with van der Waals surface area (Å²) in [7, 11) is 0. The molecule has 54 valence electrons. The van der Waals surface area contributed by atoms with Crippen LogP contribution < -0.4 is 0 Å². The molecule has 0 radical (unpaired) electrons. The van der Waals surface area contributed by atoms with E-state index >= 15 is 0 Å². The zero-order valence-corrected chi connectivity index (χ0v) is 6.13. The van der Waals surface area contributed by atoms with E-state index in [9.17, 15) is 4.79 Å². The first-order valence-corrected chi connectivity index (χ1v) is 3.31. The maximum Gasteiger partial charge on any atom is 0.247 e. The van der Waals surface area contributed by atoms with E-state index in [1.807, 2.05) is 6.92 Å². The maximum absolute atomic E-state index is 11.0. The van der Waals surface area contributed by atoms with Gasteiger partial charge in [0.15, 0.2) is 0 Å². The second kappa shape index (κ2) is 2.69. The lowest BCUT2D eigenvalue weighted by Crippen LogP contribution is -2.25. The highest BCUT2D eigenvalue weighted by Gasteiger charge is 2.16. The quantitative estimate of drug-likeness (QED) is 0.519. The van der Waals surface area contributed by atoms with Crippen LogP contribution in [0.15, 0.2) is 24.3 Å². The van der Waals surface area contributed by atoms with Gasteiger partial charge < -0.3 is 4.90 Å². The lowest BCUT2D eigenvalue weighted by molar-refractivity contribution is -0.124. The molecule has 2 nitrogen and oxygen atoms in total. The average Bonchev–Trinajstić information content (AvgIpc) is 2.13. The van der Waals surface area contributed by atoms with Crippen LogP contribution in [0, 0.1) is 0 Å². The minimum absolute atomic E-state index is 0.109. The Morgan fingerprint density at radius 2 is 2.60 bits per heavy atom. The molecule has 0 bridgehead atoms. The van der Waals surface area contributed by atoms with E-state index in [1.165, 1.54) is 0 Å². The van der Waals surface area contributed by atoms with Crippen LogP contribution in [-0.2, 0) is 4.79 Å². The van der Waals surface area contributed by atoms with Crippen LogP contribution in [0.2, 0.25) is 0 Å². The lowest BCUT2D eigenvalue weighted by Gasteiger charge is -2.12. The third-order valence-electron chi connectivity index (χ3n) is 1.47. The summed E-state index contributed by atoms with van der Waals surface area (Å²) in [6.07, 6.45) is 3.41. The first-order chi connectivity index (χ1) is 4.74. The van der Waals surface area contributed by atoms with Crippen molar-refractivity contribution in [1.82, 2.24) is 4.90 Å². The molecule has 0 aromatic carbocycles. The summed E-state index contributed by atoms with van der Waals surface area (Å²) in [5.74, 6) is 0.109. The van der Waals surface area contributed by atoms with Gasteiger partial charge in [0.2, 0.25) is 5.91 Å². The summed E-state index contributed by atoms with van der Waals surface area (Å²) in [5, 5.41) is 0. The molecule has 0 saturated heterocycles. The number of carbonyl (C=O) groups is 1. The Kier molecular flexibility index (Phi) is 1.90. The number of rotatable bonds is 2. The molecule has 0 aromatic rings. The molecule has 0 N–H and O–H groups in total. The largest absolute Gasteiger partial charge is 0.331 e. The molecule has 0 aromatic heterocycles. The topological polar surface area (TPSA) is 20.3 Å². The fourth-order valence-corrected chi connectivity index (χ4v) is 1.04. The van der Waals surface area contributed by atoms with E-state index in [2.05, 4.69) is 6.58 Å². The standard InChI is InChI=1S/C8H11NO/c1-3-4-9-6-7(2)5-8(9)10/h3,5H,1,4,6H2,2H3. The molecule has 0 spiro atoms. The lowest BCUT2D eigenvalue weighted by atomic mass is 10.3. The van der Waals surface area contributed by atoms with Gasteiger partial charge in [-0.25, -0.2) is 0 Å². The van der Waals surface area contributed by atoms with Crippen molar-refractivity contribution in [2.45, 2.75) is 6.92 Å². The van der Waals surface area contributed by atoms with Gasteiger partial charge in [0.25, 0.3) is 0 Å². The van der Waals surface area contributed by atoms with E-state index in [-0.39, 0.29) is 5.91 Å². The van der Waals surface area contributed by atoms with Crippen LogP contribution >= 0.6 is 0 Å². The Hall–Kier alpha value is -1.05. The van der Waals surface area contributed by atoms with Gasteiger partial charge in [0.1, 0.15) is 0 Å². The van der Waals surface area contributed by atoms with E-state index in [1.54, 1.807) is 17.1 Å². The monoisotopic (exact) mass is 137 g/mol. The summed E-state index contributed by atoms with van der Waals surface area (Å²) in [5.41, 5.74) is 1.13. The molecule has 1 heterocycles. The number of hydrogen-bond donors (Lipinski definition) is 0. The highest BCUT2D eigenvalue weighted by Crippen LogP contribution is 2.08. The molecule has 0 atom stereocenters. The first kappa shape index (κ1) is 7.06.